The van der Waals surface area contributed by atoms with E-state index in [9.17, 15) is 5.11 Å². The first-order valence-electron chi connectivity index (χ1n) is 11.6. The highest BCUT2D eigenvalue weighted by atomic mass is 16.3. The van der Waals surface area contributed by atoms with Gasteiger partial charge in [-0.15, -0.1) is 0 Å². The minimum atomic E-state index is 0.0241. The lowest BCUT2D eigenvalue weighted by Gasteiger charge is -2.27. The van der Waals surface area contributed by atoms with Gasteiger partial charge >= 0.3 is 0 Å². The van der Waals surface area contributed by atoms with Gasteiger partial charge in [0, 0.05) is 30.0 Å². The second kappa shape index (κ2) is 11.4. The maximum absolute atomic E-state index is 10.1. The van der Waals surface area contributed by atoms with Crippen LogP contribution in [0.1, 0.15) is 48.9 Å². The summed E-state index contributed by atoms with van der Waals surface area (Å²) in [6.45, 7) is 10.1. The average Bonchev–Trinajstić information content (AvgIpc) is 2.84. The normalized spacial score (nSPS) is 12.7. The van der Waals surface area contributed by atoms with Gasteiger partial charge in [-0.05, 0) is 72.1 Å². The van der Waals surface area contributed by atoms with Gasteiger partial charge in [-0.25, -0.2) is 0 Å². The van der Waals surface area contributed by atoms with Gasteiger partial charge in [0.15, 0.2) is 0 Å². The fourth-order valence-electron chi connectivity index (χ4n) is 3.86. The monoisotopic (exact) mass is 439 g/mol. The summed E-state index contributed by atoms with van der Waals surface area (Å²) < 4.78 is 0. The quantitative estimate of drug-likeness (QED) is 0.410. The molecule has 2 N–H and O–H groups in total. The van der Waals surface area contributed by atoms with Crippen LogP contribution in [0.25, 0.3) is 16.9 Å². The largest absolute Gasteiger partial charge is 0.508 e. The summed E-state index contributed by atoms with van der Waals surface area (Å²) in [4.78, 5) is 2.33. The molecule has 0 spiro atoms. The zero-order valence-electron chi connectivity index (χ0n) is 19.9. The SMILES string of the molecule is C=C(O)c1ccc(Nc2cccc3c2CCN(C)C3)cc1-c1ccc(C#N)cc1.CCCC. The summed E-state index contributed by atoms with van der Waals surface area (Å²) >= 11 is 0. The van der Waals surface area contributed by atoms with E-state index in [2.05, 4.69) is 62.0 Å². The molecular formula is C29H33N3O. The summed E-state index contributed by atoms with van der Waals surface area (Å²) in [5, 5.41) is 22.7. The predicted octanol–water partition coefficient (Wildman–Crippen LogP) is 7.29. The van der Waals surface area contributed by atoms with E-state index in [1.807, 2.05) is 30.3 Å². The first-order chi connectivity index (χ1) is 16.0. The van der Waals surface area contributed by atoms with Crippen LogP contribution in [0.15, 0.2) is 67.2 Å². The van der Waals surface area contributed by atoms with Gasteiger partial charge in [0.25, 0.3) is 0 Å². The number of rotatable bonds is 5. The van der Waals surface area contributed by atoms with Gasteiger partial charge in [-0.1, -0.05) is 57.5 Å². The zero-order valence-corrected chi connectivity index (χ0v) is 19.9. The van der Waals surface area contributed by atoms with E-state index < -0.39 is 0 Å². The molecule has 0 aliphatic carbocycles. The van der Waals surface area contributed by atoms with Crippen molar-refractivity contribution >= 4 is 17.1 Å². The van der Waals surface area contributed by atoms with Crippen molar-refractivity contribution in [3.8, 4) is 17.2 Å². The van der Waals surface area contributed by atoms with Crippen LogP contribution in [-0.2, 0) is 13.0 Å². The van der Waals surface area contributed by atoms with Crippen molar-refractivity contribution in [3.63, 3.8) is 0 Å². The van der Waals surface area contributed by atoms with Gasteiger partial charge in [-0.2, -0.15) is 5.26 Å². The van der Waals surface area contributed by atoms with Crippen molar-refractivity contribution in [1.82, 2.24) is 4.90 Å². The van der Waals surface area contributed by atoms with Crippen LogP contribution in [0.2, 0.25) is 0 Å². The minimum Gasteiger partial charge on any atom is -0.508 e. The highest BCUT2D eigenvalue weighted by Crippen LogP contribution is 2.33. The first kappa shape index (κ1) is 24.1. The Balaban J connectivity index is 0.000000709. The van der Waals surface area contributed by atoms with Gasteiger partial charge in [0.2, 0.25) is 0 Å². The fraction of sp³-hybridized carbons (Fsp3) is 0.276. The number of nitrogens with zero attached hydrogens (tertiary/aromatic N) is 2. The van der Waals surface area contributed by atoms with Crippen LogP contribution in [0, 0.1) is 11.3 Å². The maximum Gasteiger partial charge on any atom is 0.116 e. The lowest BCUT2D eigenvalue weighted by Crippen LogP contribution is -2.26. The Kier molecular flexibility index (Phi) is 8.29. The van der Waals surface area contributed by atoms with Gasteiger partial charge < -0.3 is 15.3 Å². The van der Waals surface area contributed by atoms with E-state index in [-0.39, 0.29) is 5.76 Å². The van der Waals surface area contributed by atoms with Gasteiger partial charge in [0.1, 0.15) is 5.76 Å². The lowest BCUT2D eigenvalue weighted by molar-refractivity contribution is 0.313. The Labute approximate surface area is 197 Å². The molecule has 0 saturated heterocycles. The average molecular weight is 440 g/mol. The van der Waals surface area contributed by atoms with Crippen molar-refractivity contribution in [2.45, 2.75) is 39.7 Å². The Bertz CT molecular complexity index is 1140. The Hall–Kier alpha value is -3.55. The first-order valence-corrected chi connectivity index (χ1v) is 11.6. The number of aliphatic hydroxyl groups is 1. The number of hydrogen-bond donors (Lipinski definition) is 2. The maximum atomic E-state index is 10.1. The van der Waals surface area contributed by atoms with Crippen LogP contribution < -0.4 is 5.32 Å². The topological polar surface area (TPSA) is 59.3 Å². The molecule has 0 saturated carbocycles. The number of nitrogens with one attached hydrogen (secondary N) is 1. The number of anilines is 2. The molecule has 33 heavy (non-hydrogen) atoms. The summed E-state index contributed by atoms with van der Waals surface area (Å²) in [5.41, 5.74) is 7.87. The molecule has 1 aliphatic heterocycles. The molecule has 0 radical (unpaired) electrons. The highest BCUT2D eigenvalue weighted by molar-refractivity contribution is 5.82. The van der Waals surface area contributed by atoms with E-state index in [0.717, 1.165) is 42.0 Å². The smallest absolute Gasteiger partial charge is 0.116 e. The number of aliphatic hydroxyl groups excluding tert-OH is 1. The molecule has 3 aromatic rings. The number of hydrogen-bond acceptors (Lipinski definition) is 4. The summed E-state index contributed by atoms with van der Waals surface area (Å²) in [7, 11) is 2.15. The summed E-state index contributed by atoms with van der Waals surface area (Å²) in [6, 6.07) is 21.7. The molecule has 3 aromatic carbocycles. The van der Waals surface area contributed by atoms with Crippen LogP contribution in [0.3, 0.4) is 0 Å². The minimum absolute atomic E-state index is 0.0241. The zero-order chi connectivity index (χ0) is 23.8. The number of benzene rings is 3. The molecule has 0 unspecified atom stereocenters. The summed E-state index contributed by atoms with van der Waals surface area (Å²) in [6.07, 6.45) is 3.66. The van der Waals surface area contributed by atoms with Crippen LogP contribution >= 0.6 is 0 Å². The molecule has 0 amide bonds. The van der Waals surface area contributed by atoms with E-state index in [1.165, 1.54) is 24.0 Å². The van der Waals surface area contributed by atoms with Crippen molar-refractivity contribution in [1.29, 1.82) is 5.26 Å². The number of nitriles is 1. The van der Waals surface area contributed by atoms with E-state index in [4.69, 9.17) is 5.26 Å². The van der Waals surface area contributed by atoms with E-state index in [1.54, 1.807) is 12.1 Å². The standard InChI is InChI=1S/C25H23N3O.C4H10/c1-17(29)22-11-10-21(14-24(22)19-8-6-18(15-26)7-9-19)27-25-5-3-4-20-16-28(2)13-12-23(20)25;1-3-4-2/h3-11,14,27,29H,1,12-13,16H2,2H3;3-4H2,1-2H3. The molecule has 1 heterocycles. The summed E-state index contributed by atoms with van der Waals surface area (Å²) in [5.74, 6) is 0.0241. The number of likely N-dealkylation sites (N-methyl/N-ethyl adjacent to an activating group) is 1. The molecule has 4 rings (SSSR count). The number of fused-ring (bicyclic) bond motifs is 1. The third-order valence-electron chi connectivity index (χ3n) is 5.89. The van der Waals surface area contributed by atoms with Crippen molar-refractivity contribution in [2.75, 3.05) is 18.9 Å². The molecule has 0 fully saturated rings. The van der Waals surface area contributed by atoms with Gasteiger partial charge in [0.05, 0.1) is 11.6 Å². The van der Waals surface area contributed by atoms with E-state index in [0.29, 0.717) is 11.1 Å². The highest BCUT2D eigenvalue weighted by Gasteiger charge is 2.17. The Morgan fingerprint density at radius 1 is 1.09 bits per heavy atom. The predicted molar refractivity (Wildman–Crippen MR) is 139 cm³/mol. The Morgan fingerprint density at radius 2 is 1.82 bits per heavy atom. The molecule has 4 heteroatoms. The number of unbranched alkanes of at least 4 members (excludes halogenated alkanes) is 1. The van der Waals surface area contributed by atoms with Gasteiger partial charge in [-0.3, -0.25) is 0 Å². The fourth-order valence-corrected chi connectivity index (χ4v) is 3.86. The second-order valence-electron chi connectivity index (χ2n) is 8.45. The Morgan fingerprint density at radius 3 is 2.45 bits per heavy atom. The molecular weight excluding hydrogens is 406 g/mol. The van der Waals surface area contributed by atoms with Crippen molar-refractivity contribution in [3.05, 3.63) is 89.5 Å². The lowest BCUT2D eigenvalue weighted by atomic mass is 9.96. The van der Waals surface area contributed by atoms with Crippen LogP contribution in [-0.4, -0.2) is 23.6 Å². The molecule has 0 atom stereocenters. The van der Waals surface area contributed by atoms with Crippen molar-refractivity contribution < 1.29 is 5.11 Å². The van der Waals surface area contributed by atoms with E-state index >= 15 is 0 Å². The molecule has 1 aliphatic rings. The molecule has 4 nitrogen and oxygen atoms in total. The van der Waals surface area contributed by atoms with Crippen LogP contribution in [0.4, 0.5) is 11.4 Å². The third-order valence-corrected chi connectivity index (χ3v) is 5.89. The third kappa shape index (κ3) is 6.03. The molecule has 0 aromatic heterocycles. The molecule has 0 bridgehead atoms. The van der Waals surface area contributed by atoms with Crippen LogP contribution in [0.5, 0.6) is 0 Å². The van der Waals surface area contributed by atoms with Crippen molar-refractivity contribution in [2.24, 2.45) is 0 Å². The second-order valence-corrected chi connectivity index (χ2v) is 8.45. The molecule has 170 valence electrons.